The maximum Gasteiger partial charge on any atom is 0.0742 e. The van der Waals surface area contributed by atoms with Crippen LogP contribution < -0.4 is 5.73 Å². The van der Waals surface area contributed by atoms with Gasteiger partial charge in [0.05, 0.1) is 17.4 Å². The second-order valence-corrected chi connectivity index (χ2v) is 4.29. The summed E-state index contributed by atoms with van der Waals surface area (Å²) in [5.74, 6) is 0. The highest BCUT2D eigenvalue weighted by atomic mass is 35.5. The van der Waals surface area contributed by atoms with Crippen LogP contribution in [0.3, 0.4) is 0 Å². The van der Waals surface area contributed by atoms with E-state index in [0.717, 1.165) is 27.3 Å². The first-order valence-electron chi connectivity index (χ1n) is 5.23. The number of aromatic nitrogens is 2. The molecule has 0 aliphatic heterocycles. The number of nitrogen functional groups attached to an aromatic ring is 1. The molecule has 4 heteroatoms. The van der Waals surface area contributed by atoms with E-state index in [9.17, 15) is 0 Å². The zero-order valence-corrected chi connectivity index (χ0v) is 9.72. The van der Waals surface area contributed by atoms with Crippen LogP contribution in [0.15, 0.2) is 48.7 Å². The molecule has 0 unspecified atom stereocenters. The lowest BCUT2D eigenvalue weighted by Gasteiger charge is -2.03. The summed E-state index contributed by atoms with van der Waals surface area (Å²) in [4.78, 5) is 0. The van der Waals surface area contributed by atoms with Gasteiger partial charge in [0.2, 0.25) is 0 Å². The number of nitrogens with zero attached hydrogens (tertiary/aromatic N) is 2. The summed E-state index contributed by atoms with van der Waals surface area (Å²) >= 11 is 5.87. The van der Waals surface area contributed by atoms with E-state index in [2.05, 4.69) is 5.10 Å². The van der Waals surface area contributed by atoms with Gasteiger partial charge in [-0.25, -0.2) is 4.68 Å². The molecule has 2 N–H and O–H groups in total. The van der Waals surface area contributed by atoms with E-state index in [-0.39, 0.29) is 0 Å². The van der Waals surface area contributed by atoms with Crippen molar-refractivity contribution in [2.75, 3.05) is 5.73 Å². The Morgan fingerprint density at radius 3 is 2.59 bits per heavy atom. The molecule has 84 valence electrons. The van der Waals surface area contributed by atoms with Crippen LogP contribution in [0, 0.1) is 0 Å². The number of hydrogen-bond donors (Lipinski definition) is 1. The third-order valence-corrected chi connectivity index (χ3v) is 2.92. The van der Waals surface area contributed by atoms with Gasteiger partial charge in [-0.15, -0.1) is 0 Å². The molecule has 0 aliphatic rings. The maximum absolute atomic E-state index is 5.87. The van der Waals surface area contributed by atoms with Crippen LogP contribution in [0.1, 0.15) is 0 Å². The van der Waals surface area contributed by atoms with Crippen LogP contribution in [-0.2, 0) is 0 Å². The van der Waals surface area contributed by atoms with Crippen molar-refractivity contribution in [1.29, 1.82) is 0 Å². The molecule has 0 bridgehead atoms. The summed E-state index contributed by atoms with van der Waals surface area (Å²) in [5.41, 5.74) is 8.49. The monoisotopic (exact) mass is 243 g/mol. The lowest BCUT2D eigenvalue weighted by atomic mass is 10.2. The van der Waals surface area contributed by atoms with Gasteiger partial charge < -0.3 is 5.73 Å². The fourth-order valence-electron chi connectivity index (χ4n) is 1.84. The Morgan fingerprint density at radius 2 is 1.82 bits per heavy atom. The Bertz CT molecular complexity index is 671. The molecule has 0 radical (unpaired) electrons. The molecule has 0 saturated carbocycles. The highest BCUT2D eigenvalue weighted by molar-refractivity contribution is 6.30. The van der Waals surface area contributed by atoms with Crippen molar-refractivity contribution in [2.45, 2.75) is 0 Å². The summed E-state index contributed by atoms with van der Waals surface area (Å²) in [6.45, 7) is 0. The zero-order chi connectivity index (χ0) is 11.8. The molecule has 17 heavy (non-hydrogen) atoms. The molecule has 0 spiro atoms. The third-order valence-electron chi connectivity index (χ3n) is 2.66. The number of rotatable bonds is 1. The van der Waals surface area contributed by atoms with Crippen molar-refractivity contribution in [3.05, 3.63) is 53.7 Å². The van der Waals surface area contributed by atoms with Gasteiger partial charge in [-0.1, -0.05) is 11.6 Å². The normalized spacial score (nSPS) is 10.9. The van der Waals surface area contributed by atoms with Crippen molar-refractivity contribution >= 4 is 28.2 Å². The average molecular weight is 244 g/mol. The molecule has 3 rings (SSSR count). The minimum absolute atomic E-state index is 0.717. The predicted molar refractivity (Wildman–Crippen MR) is 70.5 cm³/mol. The van der Waals surface area contributed by atoms with Gasteiger partial charge >= 0.3 is 0 Å². The summed E-state index contributed by atoms with van der Waals surface area (Å²) < 4.78 is 1.87. The van der Waals surface area contributed by atoms with E-state index in [1.807, 2.05) is 47.1 Å². The van der Waals surface area contributed by atoms with Crippen molar-refractivity contribution < 1.29 is 0 Å². The Labute approximate surface area is 103 Å². The Kier molecular flexibility index (Phi) is 2.27. The zero-order valence-electron chi connectivity index (χ0n) is 8.97. The maximum atomic E-state index is 5.87. The Hall–Kier alpha value is -2.00. The van der Waals surface area contributed by atoms with E-state index in [1.165, 1.54) is 0 Å². The minimum Gasteiger partial charge on any atom is -0.399 e. The van der Waals surface area contributed by atoms with Gasteiger partial charge in [0.25, 0.3) is 0 Å². The van der Waals surface area contributed by atoms with Gasteiger partial charge in [-0.3, -0.25) is 0 Å². The molecule has 1 heterocycles. The molecule has 1 aromatic heterocycles. The van der Waals surface area contributed by atoms with Crippen molar-refractivity contribution in [3.8, 4) is 5.69 Å². The molecule has 0 fully saturated rings. The summed E-state index contributed by atoms with van der Waals surface area (Å²) in [6, 6.07) is 13.3. The lowest BCUT2D eigenvalue weighted by molar-refractivity contribution is 0.911. The highest BCUT2D eigenvalue weighted by Gasteiger charge is 2.04. The molecule has 0 atom stereocenters. The molecule has 3 aromatic rings. The van der Waals surface area contributed by atoms with E-state index >= 15 is 0 Å². The second kappa shape index (κ2) is 3.79. The average Bonchev–Trinajstić information content (AvgIpc) is 2.73. The summed E-state index contributed by atoms with van der Waals surface area (Å²) in [7, 11) is 0. The fourth-order valence-corrected chi connectivity index (χ4v) is 1.97. The Balaban J connectivity index is 2.21. The summed E-state index contributed by atoms with van der Waals surface area (Å²) in [6.07, 6.45) is 1.81. The minimum atomic E-state index is 0.717. The van der Waals surface area contributed by atoms with Gasteiger partial charge in [0.15, 0.2) is 0 Å². The first kappa shape index (κ1) is 10.2. The lowest BCUT2D eigenvalue weighted by Crippen LogP contribution is -1.95. The SMILES string of the molecule is Nc1ccc2c(cnn2-c2ccc(Cl)cc2)c1. The van der Waals surface area contributed by atoms with E-state index in [0.29, 0.717) is 0 Å². The van der Waals surface area contributed by atoms with Crippen LogP contribution in [0.4, 0.5) is 5.69 Å². The molecular formula is C13H10ClN3. The van der Waals surface area contributed by atoms with Crippen molar-refractivity contribution in [2.24, 2.45) is 0 Å². The van der Waals surface area contributed by atoms with Crippen LogP contribution in [0.2, 0.25) is 5.02 Å². The molecule has 0 aliphatic carbocycles. The summed E-state index contributed by atoms with van der Waals surface area (Å²) in [5, 5.41) is 6.10. The molecule has 0 saturated heterocycles. The quantitative estimate of drug-likeness (QED) is 0.667. The van der Waals surface area contributed by atoms with Gasteiger partial charge in [0.1, 0.15) is 0 Å². The first-order valence-corrected chi connectivity index (χ1v) is 5.61. The number of benzene rings is 2. The highest BCUT2D eigenvalue weighted by Crippen LogP contribution is 2.21. The van der Waals surface area contributed by atoms with Crippen molar-refractivity contribution in [1.82, 2.24) is 9.78 Å². The molecular weight excluding hydrogens is 234 g/mol. The van der Waals surface area contributed by atoms with Crippen LogP contribution in [0.5, 0.6) is 0 Å². The number of anilines is 1. The predicted octanol–water partition coefficient (Wildman–Crippen LogP) is 3.26. The number of fused-ring (bicyclic) bond motifs is 1. The van der Waals surface area contributed by atoms with Gasteiger partial charge in [-0.2, -0.15) is 5.10 Å². The number of nitrogens with two attached hydrogens (primary N) is 1. The number of hydrogen-bond acceptors (Lipinski definition) is 2. The number of halogens is 1. The second-order valence-electron chi connectivity index (χ2n) is 3.85. The topological polar surface area (TPSA) is 43.8 Å². The van der Waals surface area contributed by atoms with Gasteiger partial charge in [-0.05, 0) is 42.5 Å². The third kappa shape index (κ3) is 1.74. The first-order chi connectivity index (χ1) is 8.24. The van der Waals surface area contributed by atoms with E-state index < -0.39 is 0 Å². The largest absolute Gasteiger partial charge is 0.399 e. The molecule has 0 amide bonds. The fraction of sp³-hybridized carbons (Fsp3) is 0. The van der Waals surface area contributed by atoms with E-state index in [4.69, 9.17) is 17.3 Å². The van der Waals surface area contributed by atoms with Crippen LogP contribution >= 0.6 is 11.6 Å². The van der Waals surface area contributed by atoms with Crippen LogP contribution in [-0.4, -0.2) is 9.78 Å². The molecule has 2 aromatic carbocycles. The molecule has 3 nitrogen and oxygen atoms in total. The Morgan fingerprint density at radius 1 is 1.06 bits per heavy atom. The standard InChI is InChI=1S/C13H10ClN3/c14-10-1-4-12(5-2-10)17-13-6-3-11(15)7-9(13)8-16-17/h1-8H,15H2. The van der Waals surface area contributed by atoms with E-state index in [1.54, 1.807) is 6.20 Å². The van der Waals surface area contributed by atoms with Crippen LogP contribution in [0.25, 0.3) is 16.6 Å². The van der Waals surface area contributed by atoms with Crippen molar-refractivity contribution in [3.63, 3.8) is 0 Å². The smallest absolute Gasteiger partial charge is 0.0742 e. The van der Waals surface area contributed by atoms with Gasteiger partial charge in [0, 0.05) is 16.1 Å².